The fourth-order valence-electron chi connectivity index (χ4n) is 1.63. The number of fused-ring (bicyclic) bond motifs is 1. The molecule has 0 atom stereocenters. The van der Waals surface area contributed by atoms with Crippen LogP contribution in [0.15, 0.2) is 54.6 Å². The molecule has 94 valence electrons. The minimum atomic E-state index is -0.701. The molecular weight excluding hydrogens is 252 g/mol. The third-order valence-corrected chi connectivity index (χ3v) is 2.54. The summed E-state index contributed by atoms with van der Waals surface area (Å²) in [5.41, 5.74) is 0.575. The van der Waals surface area contributed by atoms with Crippen molar-refractivity contribution < 1.29 is 17.2 Å². The van der Waals surface area contributed by atoms with Crippen LogP contribution in [0.3, 0.4) is 0 Å². The number of esters is 2. The number of ether oxygens (including phenoxy) is 1. The molecule has 0 amide bonds. The van der Waals surface area contributed by atoms with Crippen molar-refractivity contribution in [3.63, 3.8) is 0 Å². The zero-order valence-electron chi connectivity index (χ0n) is 12.7. The smallest absolute Gasteiger partial charge is 1.00 e. The SMILES string of the molecule is C=C(C)C(=O)OC(=O)c1cccc2ccccc12.[H-].[H-].[Mg+2]. The summed E-state index contributed by atoms with van der Waals surface area (Å²) in [6.07, 6.45) is 0. The summed E-state index contributed by atoms with van der Waals surface area (Å²) in [4.78, 5) is 23.2. The first kappa shape index (κ1) is 15.4. The van der Waals surface area contributed by atoms with Crippen molar-refractivity contribution >= 4 is 45.8 Å². The summed E-state index contributed by atoms with van der Waals surface area (Å²) in [5.74, 6) is -1.35. The number of carbonyl (C=O) groups is 2. The molecular formula is C15H14MgO3. The molecule has 2 aromatic rings. The van der Waals surface area contributed by atoms with Gasteiger partial charge < -0.3 is 7.59 Å². The van der Waals surface area contributed by atoms with E-state index in [0.29, 0.717) is 5.56 Å². The molecule has 0 saturated carbocycles. The van der Waals surface area contributed by atoms with Gasteiger partial charge in [0.05, 0.1) is 5.56 Å². The summed E-state index contributed by atoms with van der Waals surface area (Å²) in [7, 11) is 0. The summed E-state index contributed by atoms with van der Waals surface area (Å²) in [5, 5.41) is 1.69. The van der Waals surface area contributed by atoms with E-state index in [1.807, 2.05) is 30.3 Å². The summed E-state index contributed by atoms with van der Waals surface area (Å²) < 4.78 is 4.73. The van der Waals surface area contributed by atoms with Crippen LogP contribution >= 0.6 is 0 Å². The number of rotatable bonds is 2. The zero-order valence-corrected chi connectivity index (χ0v) is 12.1. The van der Waals surface area contributed by atoms with Crippen molar-refractivity contribution in [2.75, 3.05) is 0 Å². The van der Waals surface area contributed by atoms with Crippen molar-refractivity contribution in [1.82, 2.24) is 0 Å². The maximum Gasteiger partial charge on any atom is 2.00 e. The minimum absolute atomic E-state index is 0. The fraction of sp³-hybridized carbons (Fsp3) is 0.0667. The summed E-state index contributed by atoms with van der Waals surface area (Å²) in [6, 6.07) is 12.7. The molecule has 3 nitrogen and oxygen atoms in total. The van der Waals surface area contributed by atoms with Crippen molar-refractivity contribution in [1.29, 1.82) is 0 Å². The normalized spacial score (nSPS) is 9.53. The molecule has 0 aliphatic rings. The van der Waals surface area contributed by atoms with Crippen molar-refractivity contribution in [3.05, 3.63) is 60.2 Å². The summed E-state index contributed by atoms with van der Waals surface area (Å²) >= 11 is 0. The van der Waals surface area contributed by atoms with Crippen LogP contribution in [0, 0.1) is 0 Å². The van der Waals surface area contributed by atoms with Gasteiger partial charge in [0.25, 0.3) is 0 Å². The summed E-state index contributed by atoms with van der Waals surface area (Å²) in [6.45, 7) is 4.94. The van der Waals surface area contributed by atoms with Crippen LogP contribution in [0.1, 0.15) is 20.1 Å². The van der Waals surface area contributed by atoms with Gasteiger partial charge in [-0.15, -0.1) is 0 Å². The van der Waals surface area contributed by atoms with Crippen LogP contribution < -0.4 is 0 Å². The molecule has 0 aliphatic heterocycles. The van der Waals surface area contributed by atoms with Gasteiger partial charge in [-0.05, 0) is 23.8 Å². The van der Waals surface area contributed by atoms with Gasteiger partial charge in [-0.1, -0.05) is 43.0 Å². The van der Waals surface area contributed by atoms with Crippen molar-refractivity contribution in [3.8, 4) is 0 Å². The van der Waals surface area contributed by atoms with E-state index in [1.54, 1.807) is 12.1 Å². The standard InChI is InChI=1S/C15H12O3.Mg.2H/c1-10(2)14(16)18-15(17)13-9-5-7-11-6-3-4-8-12(11)13;;;/h3-9H,1H2,2H3;;;/q;+2;2*-1. The molecule has 0 heterocycles. The van der Waals surface area contributed by atoms with Crippen LogP contribution in [0.2, 0.25) is 0 Å². The zero-order chi connectivity index (χ0) is 13.1. The van der Waals surface area contributed by atoms with E-state index in [9.17, 15) is 9.59 Å². The van der Waals surface area contributed by atoms with E-state index < -0.39 is 11.9 Å². The van der Waals surface area contributed by atoms with Crippen LogP contribution in [0.25, 0.3) is 10.8 Å². The average Bonchev–Trinajstić information content (AvgIpc) is 2.37. The second-order valence-corrected chi connectivity index (χ2v) is 3.98. The number of hydrogen-bond acceptors (Lipinski definition) is 3. The van der Waals surface area contributed by atoms with E-state index in [4.69, 9.17) is 4.74 Å². The molecule has 19 heavy (non-hydrogen) atoms. The topological polar surface area (TPSA) is 43.4 Å². The largest absolute Gasteiger partial charge is 2.00 e. The quantitative estimate of drug-likeness (QED) is 0.363. The van der Waals surface area contributed by atoms with Gasteiger partial charge in [0.2, 0.25) is 0 Å². The Kier molecular flexibility index (Phi) is 5.27. The molecule has 0 radical (unpaired) electrons. The fourth-order valence-corrected chi connectivity index (χ4v) is 1.63. The van der Waals surface area contributed by atoms with Gasteiger partial charge in [0.15, 0.2) is 0 Å². The van der Waals surface area contributed by atoms with E-state index in [2.05, 4.69) is 6.58 Å². The van der Waals surface area contributed by atoms with Crippen molar-refractivity contribution in [2.24, 2.45) is 0 Å². The first-order chi connectivity index (χ1) is 8.59. The van der Waals surface area contributed by atoms with Crippen LogP contribution in [-0.4, -0.2) is 35.0 Å². The van der Waals surface area contributed by atoms with Gasteiger partial charge >= 0.3 is 35.0 Å². The minimum Gasteiger partial charge on any atom is -1.00 e. The molecule has 0 bridgehead atoms. The van der Waals surface area contributed by atoms with Crippen LogP contribution in [0.4, 0.5) is 0 Å². The van der Waals surface area contributed by atoms with Crippen LogP contribution in [0.5, 0.6) is 0 Å². The van der Waals surface area contributed by atoms with Gasteiger partial charge in [0, 0.05) is 5.57 Å². The maximum absolute atomic E-state index is 11.9. The predicted molar refractivity (Wildman–Crippen MR) is 77.2 cm³/mol. The van der Waals surface area contributed by atoms with Gasteiger partial charge in [0.1, 0.15) is 0 Å². The Labute approximate surface area is 130 Å². The molecule has 0 N–H and O–H groups in total. The monoisotopic (exact) mass is 266 g/mol. The Morgan fingerprint density at radius 3 is 2.42 bits per heavy atom. The Morgan fingerprint density at radius 1 is 1.11 bits per heavy atom. The first-order valence-corrected chi connectivity index (χ1v) is 5.49. The molecule has 0 aromatic heterocycles. The van der Waals surface area contributed by atoms with Crippen molar-refractivity contribution in [2.45, 2.75) is 6.92 Å². The van der Waals surface area contributed by atoms with E-state index in [0.717, 1.165) is 10.8 Å². The Balaban J connectivity index is 0. The third kappa shape index (κ3) is 3.42. The maximum atomic E-state index is 11.9. The van der Waals surface area contributed by atoms with E-state index in [-0.39, 0.29) is 31.5 Å². The molecule has 2 rings (SSSR count). The van der Waals surface area contributed by atoms with Gasteiger partial charge in [-0.2, -0.15) is 0 Å². The molecule has 0 spiro atoms. The van der Waals surface area contributed by atoms with E-state index in [1.165, 1.54) is 6.92 Å². The second kappa shape index (κ2) is 6.49. The predicted octanol–water partition coefficient (Wildman–Crippen LogP) is 2.94. The molecule has 2 aromatic carbocycles. The van der Waals surface area contributed by atoms with Crippen LogP contribution in [-0.2, 0) is 9.53 Å². The van der Waals surface area contributed by atoms with E-state index >= 15 is 0 Å². The molecule has 0 unspecified atom stereocenters. The first-order valence-electron chi connectivity index (χ1n) is 5.49. The van der Waals surface area contributed by atoms with Gasteiger partial charge in [-0.25, -0.2) is 9.59 Å². The number of carbonyl (C=O) groups excluding carboxylic acids is 2. The Hall–Kier alpha value is -1.65. The number of benzene rings is 2. The third-order valence-electron chi connectivity index (χ3n) is 2.54. The van der Waals surface area contributed by atoms with Gasteiger partial charge in [-0.3, -0.25) is 0 Å². The molecule has 0 saturated heterocycles. The molecule has 0 fully saturated rings. The second-order valence-electron chi connectivity index (χ2n) is 3.98. The number of hydrogen-bond donors (Lipinski definition) is 0. The Morgan fingerprint density at radius 2 is 1.74 bits per heavy atom. The molecule has 0 aliphatic carbocycles. The molecule has 4 heteroatoms. The average molecular weight is 267 g/mol. The Bertz CT molecular complexity index is 651.